The van der Waals surface area contributed by atoms with Gasteiger partial charge in [-0.3, -0.25) is 10.1 Å². The van der Waals surface area contributed by atoms with Crippen LogP contribution in [0.4, 0.5) is 11.8 Å². The van der Waals surface area contributed by atoms with Crippen LogP contribution in [0.3, 0.4) is 0 Å². The Morgan fingerprint density at radius 3 is 3.00 bits per heavy atom. The number of nitrogens with zero attached hydrogens (tertiary/aromatic N) is 6. The van der Waals surface area contributed by atoms with E-state index in [0.29, 0.717) is 0 Å². The summed E-state index contributed by atoms with van der Waals surface area (Å²) in [6, 6.07) is 2.60. The van der Waals surface area contributed by atoms with E-state index in [-0.39, 0.29) is 17.6 Å². The Morgan fingerprint density at radius 1 is 1.62 bits per heavy atom. The zero-order valence-electron chi connectivity index (χ0n) is 7.72. The molecular formula is C6H5N7O3. The summed E-state index contributed by atoms with van der Waals surface area (Å²) in [5.74, 6) is -0.176. The lowest BCUT2D eigenvalue weighted by Crippen LogP contribution is -1.99. The number of hydrogen-bond acceptors (Lipinski definition) is 8. The summed E-state index contributed by atoms with van der Waals surface area (Å²) in [7, 11) is 0. The zero-order valence-corrected chi connectivity index (χ0v) is 7.72. The molecule has 2 aromatic rings. The molecule has 0 aliphatic carbocycles. The molecule has 2 N–H and O–H groups in total. The molecule has 0 aromatic carbocycles. The molecule has 0 saturated heterocycles. The van der Waals surface area contributed by atoms with Gasteiger partial charge in [-0.25, -0.2) is 0 Å². The predicted octanol–water partition coefficient (Wildman–Crippen LogP) is -0.361. The van der Waals surface area contributed by atoms with Crippen molar-refractivity contribution in [2.45, 2.75) is 0 Å². The minimum atomic E-state index is -0.650. The van der Waals surface area contributed by atoms with Crippen LogP contribution in [0.25, 0.3) is 0 Å². The molecule has 2 aromatic heterocycles. The number of aromatic nitrogens is 4. The molecule has 82 valence electrons. The lowest BCUT2D eigenvalue weighted by atomic mass is 10.5. The van der Waals surface area contributed by atoms with Crippen LogP contribution in [0.1, 0.15) is 5.76 Å². The second-order valence-corrected chi connectivity index (χ2v) is 2.60. The Kier molecular flexibility index (Phi) is 2.30. The fraction of sp³-hybridized carbons (Fsp3) is 0. The SMILES string of the molecule is Nc1nnnn1/N=C\c1ccc([N+](=O)[O-])o1. The molecule has 0 bridgehead atoms. The van der Waals surface area contributed by atoms with Crippen molar-refractivity contribution in [2.75, 3.05) is 5.73 Å². The zero-order chi connectivity index (χ0) is 11.5. The molecule has 10 heteroatoms. The number of tetrazole rings is 1. The van der Waals surface area contributed by atoms with Crippen LogP contribution in [-0.2, 0) is 0 Å². The summed E-state index contributed by atoms with van der Waals surface area (Å²) < 4.78 is 4.81. The van der Waals surface area contributed by atoms with Crippen molar-refractivity contribution in [3.05, 3.63) is 28.0 Å². The van der Waals surface area contributed by atoms with E-state index in [2.05, 4.69) is 20.6 Å². The Hall–Kier alpha value is -2.78. The van der Waals surface area contributed by atoms with E-state index in [9.17, 15) is 10.1 Å². The normalized spacial score (nSPS) is 11.0. The standard InChI is InChI=1S/C6H5N7O3/c7-6-9-10-11-12(6)8-3-4-1-2-5(16-4)13(14)15/h1-3H,(H2,7,9,11)/b8-3-. The van der Waals surface area contributed by atoms with Crippen LogP contribution in [0, 0.1) is 10.1 Å². The van der Waals surface area contributed by atoms with Gasteiger partial charge in [-0.05, 0) is 16.5 Å². The number of hydrogen-bond donors (Lipinski definition) is 1. The fourth-order valence-corrected chi connectivity index (χ4v) is 0.893. The topological polar surface area (TPSA) is 138 Å². The average molecular weight is 223 g/mol. The molecule has 10 nitrogen and oxygen atoms in total. The molecule has 0 radical (unpaired) electrons. The lowest BCUT2D eigenvalue weighted by Gasteiger charge is -1.88. The first kappa shape index (κ1) is 9.76. The predicted molar refractivity (Wildman–Crippen MR) is 50.6 cm³/mol. The van der Waals surface area contributed by atoms with E-state index in [1.54, 1.807) is 0 Å². The number of rotatable bonds is 3. The van der Waals surface area contributed by atoms with E-state index in [0.717, 1.165) is 4.79 Å². The van der Waals surface area contributed by atoms with Gasteiger partial charge in [0.25, 0.3) is 5.95 Å². The molecule has 0 spiro atoms. The van der Waals surface area contributed by atoms with Gasteiger partial charge >= 0.3 is 5.88 Å². The largest absolute Gasteiger partial charge is 0.433 e. The van der Waals surface area contributed by atoms with E-state index >= 15 is 0 Å². The van der Waals surface area contributed by atoms with Gasteiger partial charge in [-0.2, -0.15) is 5.10 Å². The third-order valence-electron chi connectivity index (χ3n) is 1.56. The van der Waals surface area contributed by atoms with Crippen molar-refractivity contribution in [2.24, 2.45) is 5.10 Å². The minimum Gasteiger partial charge on any atom is -0.400 e. The fourth-order valence-electron chi connectivity index (χ4n) is 0.893. The highest BCUT2D eigenvalue weighted by atomic mass is 16.6. The van der Waals surface area contributed by atoms with Crippen LogP contribution < -0.4 is 5.73 Å². The van der Waals surface area contributed by atoms with E-state index < -0.39 is 4.92 Å². The van der Waals surface area contributed by atoms with E-state index in [4.69, 9.17) is 10.2 Å². The summed E-state index contributed by atoms with van der Waals surface area (Å²) in [4.78, 5) is 10.6. The number of furan rings is 1. The van der Waals surface area contributed by atoms with Gasteiger partial charge in [0.2, 0.25) is 0 Å². The Labute approximate surface area is 87.5 Å². The molecular weight excluding hydrogens is 218 g/mol. The van der Waals surface area contributed by atoms with Gasteiger partial charge in [0.1, 0.15) is 4.92 Å². The van der Waals surface area contributed by atoms with Gasteiger partial charge in [0, 0.05) is 0 Å². The molecule has 0 saturated carbocycles. The molecule has 16 heavy (non-hydrogen) atoms. The highest BCUT2D eigenvalue weighted by Gasteiger charge is 2.10. The summed E-state index contributed by atoms with van der Waals surface area (Å²) in [6.45, 7) is 0. The Balaban J connectivity index is 2.18. The van der Waals surface area contributed by atoms with Gasteiger partial charge in [0.15, 0.2) is 5.76 Å². The van der Waals surface area contributed by atoms with Gasteiger partial charge in [-0.15, -0.1) is 0 Å². The third kappa shape index (κ3) is 1.84. The molecule has 0 unspecified atom stereocenters. The smallest absolute Gasteiger partial charge is 0.400 e. The number of nitrogens with two attached hydrogens (primary N) is 1. The number of nitrogen functional groups attached to an aromatic ring is 1. The second-order valence-electron chi connectivity index (χ2n) is 2.60. The van der Waals surface area contributed by atoms with Crippen molar-refractivity contribution in [3.8, 4) is 0 Å². The van der Waals surface area contributed by atoms with Crippen molar-refractivity contribution in [1.29, 1.82) is 0 Å². The molecule has 0 fully saturated rings. The monoisotopic (exact) mass is 223 g/mol. The lowest BCUT2D eigenvalue weighted by molar-refractivity contribution is -0.402. The maximum atomic E-state index is 10.3. The first-order valence-electron chi connectivity index (χ1n) is 3.99. The van der Waals surface area contributed by atoms with Gasteiger partial charge in [-0.1, -0.05) is 9.89 Å². The van der Waals surface area contributed by atoms with E-state index in [1.807, 2.05) is 0 Å². The van der Waals surface area contributed by atoms with Crippen LogP contribution in [-0.4, -0.2) is 31.5 Å². The molecule has 2 rings (SSSR count). The quantitative estimate of drug-likeness (QED) is 0.425. The third-order valence-corrected chi connectivity index (χ3v) is 1.56. The summed E-state index contributed by atoms with van der Waals surface area (Å²) in [5, 5.41) is 24.1. The van der Waals surface area contributed by atoms with Gasteiger partial charge in [0.05, 0.1) is 12.3 Å². The Morgan fingerprint density at radius 2 is 2.44 bits per heavy atom. The van der Waals surface area contributed by atoms with Gasteiger partial charge < -0.3 is 10.2 Å². The first-order valence-corrected chi connectivity index (χ1v) is 3.99. The molecule has 0 aliphatic heterocycles. The minimum absolute atomic E-state index is 0.00249. The highest BCUT2D eigenvalue weighted by molar-refractivity contribution is 5.76. The number of anilines is 1. The first-order chi connectivity index (χ1) is 7.66. The summed E-state index contributed by atoms with van der Waals surface area (Å²) in [5.41, 5.74) is 5.33. The van der Waals surface area contributed by atoms with E-state index in [1.165, 1.54) is 18.3 Å². The highest BCUT2D eigenvalue weighted by Crippen LogP contribution is 2.13. The summed E-state index contributed by atoms with van der Waals surface area (Å²) >= 11 is 0. The van der Waals surface area contributed by atoms with Crippen LogP contribution in [0.5, 0.6) is 0 Å². The maximum Gasteiger partial charge on any atom is 0.433 e. The average Bonchev–Trinajstić information content (AvgIpc) is 2.83. The van der Waals surface area contributed by atoms with Crippen LogP contribution in [0.15, 0.2) is 21.7 Å². The molecule has 0 atom stereocenters. The molecule has 0 amide bonds. The van der Waals surface area contributed by atoms with Crippen molar-refractivity contribution in [3.63, 3.8) is 0 Å². The van der Waals surface area contributed by atoms with Crippen molar-refractivity contribution in [1.82, 2.24) is 20.3 Å². The van der Waals surface area contributed by atoms with Crippen molar-refractivity contribution < 1.29 is 9.34 Å². The number of nitro groups is 1. The second kappa shape index (κ2) is 3.76. The maximum absolute atomic E-state index is 10.3. The summed E-state index contributed by atoms with van der Waals surface area (Å²) in [6.07, 6.45) is 1.21. The Bertz CT molecular complexity index is 542. The molecule has 2 heterocycles. The molecule has 0 aliphatic rings. The van der Waals surface area contributed by atoms with Crippen molar-refractivity contribution >= 4 is 18.0 Å². The van der Waals surface area contributed by atoms with Crippen LogP contribution >= 0.6 is 0 Å². The van der Waals surface area contributed by atoms with Crippen LogP contribution in [0.2, 0.25) is 0 Å².